The van der Waals surface area contributed by atoms with Crippen molar-refractivity contribution in [3.8, 4) is 0 Å². The third-order valence-corrected chi connectivity index (χ3v) is 6.18. The van der Waals surface area contributed by atoms with Crippen molar-refractivity contribution in [2.45, 2.75) is 64.8 Å². The van der Waals surface area contributed by atoms with Crippen LogP contribution >= 0.6 is 0 Å². The molecule has 1 saturated heterocycles. The number of hydrogen-bond donors (Lipinski definition) is 0. The summed E-state index contributed by atoms with van der Waals surface area (Å²) in [4.78, 5) is 52.0. The van der Waals surface area contributed by atoms with Crippen LogP contribution in [0.15, 0.2) is 17.7 Å². The standard InChI is InChI=1S/C22H27N3O4/c1-14-12-18(15(2)25(14)17-8-9-17)19(26)13-24-21(28)20(27)23(22(24)29)11-10-16-6-4-3-5-7-16/h6,12,17H,3-5,7-11,13H2,1-2H3. The predicted octanol–water partition coefficient (Wildman–Crippen LogP) is 3.30. The minimum atomic E-state index is -0.906. The first kappa shape index (κ1) is 19.6. The topological polar surface area (TPSA) is 79.7 Å². The van der Waals surface area contributed by atoms with Crippen molar-refractivity contribution in [1.82, 2.24) is 14.4 Å². The monoisotopic (exact) mass is 397 g/mol. The van der Waals surface area contributed by atoms with Crippen molar-refractivity contribution < 1.29 is 19.2 Å². The molecule has 0 N–H and O–H groups in total. The molecular formula is C22H27N3O4. The van der Waals surface area contributed by atoms with Crippen LogP contribution in [-0.4, -0.2) is 51.1 Å². The van der Waals surface area contributed by atoms with E-state index in [1.807, 2.05) is 19.9 Å². The molecular weight excluding hydrogens is 370 g/mol. The summed E-state index contributed by atoms with van der Waals surface area (Å²) in [5.74, 6) is -2.05. The van der Waals surface area contributed by atoms with Crippen LogP contribution in [0.1, 0.15) is 72.7 Å². The lowest BCUT2D eigenvalue weighted by molar-refractivity contribution is -0.143. The van der Waals surface area contributed by atoms with E-state index < -0.39 is 24.4 Å². The van der Waals surface area contributed by atoms with Crippen molar-refractivity contribution in [2.75, 3.05) is 13.1 Å². The van der Waals surface area contributed by atoms with Gasteiger partial charge in [0.15, 0.2) is 5.78 Å². The third kappa shape index (κ3) is 3.66. The molecule has 4 amide bonds. The maximum Gasteiger partial charge on any atom is 0.334 e. The Kier molecular flexibility index (Phi) is 5.15. The van der Waals surface area contributed by atoms with Crippen molar-refractivity contribution in [3.05, 3.63) is 34.7 Å². The van der Waals surface area contributed by atoms with Gasteiger partial charge in [0.2, 0.25) is 0 Å². The molecule has 0 atom stereocenters. The highest BCUT2D eigenvalue weighted by atomic mass is 16.2. The Hall–Kier alpha value is -2.70. The second kappa shape index (κ2) is 7.61. The minimum absolute atomic E-state index is 0.191. The molecule has 0 unspecified atom stereocenters. The Bertz CT molecular complexity index is 923. The summed E-state index contributed by atoms with van der Waals surface area (Å²) < 4.78 is 2.15. The molecule has 3 aliphatic rings. The molecule has 4 rings (SSSR count). The van der Waals surface area contributed by atoms with Crippen LogP contribution < -0.4 is 0 Å². The van der Waals surface area contributed by atoms with Gasteiger partial charge in [-0.15, -0.1) is 0 Å². The molecule has 1 aromatic rings. The first-order valence-corrected chi connectivity index (χ1v) is 10.5. The van der Waals surface area contributed by atoms with Crippen molar-refractivity contribution >= 4 is 23.6 Å². The molecule has 2 fully saturated rings. The number of rotatable bonds is 7. The van der Waals surface area contributed by atoms with E-state index in [0.717, 1.165) is 53.3 Å². The molecule has 154 valence electrons. The summed E-state index contributed by atoms with van der Waals surface area (Å²) in [5.41, 5.74) is 3.62. The number of allylic oxidation sites excluding steroid dienone is 1. The lowest BCUT2D eigenvalue weighted by Gasteiger charge is -2.17. The molecule has 2 aliphatic carbocycles. The van der Waals surface area contributed by atoms with Gasteiger partial charge in [-0.05, 0) is 64.9 Å². The number of nitrogens with zero attached hydrogens (tertiary/aromatic N) is 3. The van der Waals surface area contributed by atoms with Crippen LogP contribution in [-0.2, 0) is 9.59 Å². The fourth-order valence-electron chi connectivity index (χ4n) is 4.46. The molecule has 0 bridgehead atoms. The van der Waals surface area contributed by atoms with Gasteiger partial charge in [0.05, 0.1) is 6.54 Å². The Balaban J connectivity index is 1.44. The maximum atomic E-state index is 12.8. The van der Waals surface area contributed by atoms with E-state index in [-0.39, 0.29) is 12.3 Å². The molecule has 1 saturated carbocycles. The molecule has 29 heavy (non-hydrogen) atoms. The Morgan fingerprint density at radius 1 is 1.07 bits per heavy atom. The Labute approximate surface area is 170 Å². The molecule has 2 heterocycles. The highest BCUT2D eigenvalue weighted by Crippen LogP contribution is 2.38. The van der Waals surface area contributed by atoms with Gasteiger partial charge in [0, 0.05) is 29.5 Å². The first-order chi connectivity index (χ1) is 13.9. The number of amides is 4. The van der Waals surface area contributed by atoms with Crippen molar-refractivity contribution in [2.24, 2.45) is 0 Å². The molecule has 1 aliphatic heterocycles. The zero-order chi connectivity index (χ0) is 20.7. The van der Waals surface area contributed by atoms with Crippen LogP contribution in [0.2, 0.25) is 0 Å². The normalized spacial score (nSPS) is 19.9. The van der Waals surface area contributed by atoms with E-state index in [9.17, 15) is 19.2 Å². The van der Waals surface area contributed by atoms with E-state index in [1.165, 1.54) is 12.0 Å². The first-order valence-electron chi connectivity index (χ1n) is 10.5. The SMILES string of the molecule is Cc1cc(C(=O)CN2C(=O)C(=O)N(CCC3=CCCCC3)C2=O)c(C)n1C1CC1. The summed E-state index contributed by atoms with van der Waals surface area (Å²) in [5, 5.41) is 0. The van der Waals surface area contributed by atoms with Crippen molar-refractivity contribution in [1.29, 1.82) is 0 Å². The second-order valence-electron chi connectivity index (χ2n) is 8.30. The molecule has 0 radical (unpaired) electrons. The number of ketones is 1. The van der Waals surface area contributed by atoms with Crippen LogP contribution in [0.25, 0.3) is 0 Å². The highest BCUT2D eigenvalue weighted by Gasteiger charge is 2.45. The average Bonchev–Trinajstić information content (AvgIpc) is 3.46. The maximum absolute atomic E-state index is 12.8. The van der Waals surface area contributed by atoms with E-state index in [4.69, 9.17) is 0 Å². The number of urea groups is 1. The van der Waals surface area contributed by atoms with E-state index in [1.54, 1.807) is 0 Å². The Morgan fingerprint density at radius 2 is 1.79 bits per heavy atom. The Morgan fingerprint density at radius 3 is 2.45 bits per heavy atom. The summed E-state index contributed by atoms with van der Waals surface area (Å²) >= 11 is 0. The van der Waals surface area contributed by atoms with Gasteiger partial charge in [-0.25, -0.2) is 9.69 Å². The van der Waals surface area contributed by atoms with Gasteiger partial charge in [0.1, 0.15) is 0 Å². The fourth-order valence-corrected chi connectivity index (χ4v) is 4.46. The van der Waals surface area contributed by atoms with Gasteiger partial charge >= 0.3 is 17.8 Å². The summed E-state index contributed by atoms with van der Waals surface area (Å²) in [6.45, 7) is 3.65. The summed E-state index contributed by atoms with van der Waals surface area (Å²) in [6, 6.07) is 1.58. The average molecular weight is 397 g/mol. The van der Waals surface area contributed by atoms with E-state index >= 15 is 0 Å². The van der Waals surface area contributed by atoms with Crippen LogP contribution in [0.4, 0.5) is 4.79 Å². The van der Waals surface area contributed by atoms with Gasteiger partial charge < -0.3 is 4.57 Å². The van der Waals surface area contributed by atoms with Crippen LogP contribution in [0.5, 0.6) is 0 Å². The second-order valence-corrected chi connectivity index (χ2v) is 8.30. The molecule has 0 spiro atoms. The third-order valence-electron chi connectivity index (χ3n) is 6.18. The van der Waals surface area contributed by atoms with Crippen molar-refractivity contribution in [3.63, 3.8) is 0 Å². The number of Topliss-reactive ketones (excluding diaryl/α,β-unsaturated/α-hetero) is 1. The smallest absolute Gasteiger partial charge is 0.334 e. The zero-order valence-electron chi connectivity index (χ0n) is 17.1. The lowest BCUT2D eigenvalue weighted by Crippen LogP contribution is -2.37. The van der Waals surface area contributed by atoms with Gasteiger partial charge in [-0.1, -0.05) is 11.6 Å². The quantitative estimate of drug-likeness (QED) is 0.306. The van der Waals surface area contributed by atoms with E-state index in [0.29, 0.717) is 18.0 Å². The summed E-state index contributed by atoms with van der Waals surface area (Å²) in [7, 11) is 0. The number of aryl methyl sites for hydroxylation is 1. The molecule has 0 aromatic carbocycles. The zero-order valence-corrected chi connectivity index (χ0v) is 17.1. The number of carbonyl (C=O) groups excluding carboxylic acids is 4. The van der Waals surface area contributed by atoms with Gasteiger partial charge in [0.25, 0.3) is 0 Å². The highest BCUT2D eigenvalue weighted by molar-refractivity contribution is 6.45. The number of aromatic nitrogens is 1. The van der Waals surface area contributed by atoms with Crippen LogP contribution in [0, 0.1) is 13.8 Å². The number of hydrogen-bond acceptors (Lipinski definition) is 4. The predicted molar refractivity (Wildman–Crippen MR) is 106 cm³/mol. The number of imide groups is 2. The molecule has 1 aromatic heterocycles. The van der Waals surface area contributed by atoms with Crippen LogP contribution in [0.3, 0.4) is 0 Å². The fraction of sp³-hybridized carbons (Fsp3) is 0.545. The molecule has 7 nitrogen and oxygen atoms in total. The van der Waals surface area contributed by atoms with Gasteiger partial charge in [-0.2, -0.15) is 0 Å². The lowest BCUT2D eigenvalue weighted by atomic mass is 9.97. The number of carbonyl (C=O) groups is 4. The minimum Gasteiger partial charge on any atom is -0.345 e. The van der Waals surface area contributed by atoms with Gasteiger partial charge in [-0.3, -0.25) is 19.3 Å². The molecule has 7 heteroatoms. The van der Waals surface area contributed by atoms with E-state index in [2.05, 4.69) is 10.6 Å². The summed E-state index contributed by atoms with van der Waals surface area (Å²) in [6.07, 6.45) is 9.24. The largest absolute Gasteiger partial charge is 0.345 e.